The van der Waals surface area contributed by atoms with Crippen molar-refractivity contribution in [3.05, 3.63) is 24.8 Å². The summed E-state index contributed by atoms with van der Waals surface area (Å²) in [4.78, 5) is 0. The fraction of sp³-hybridized carbons (Fsp3) is 0.722. The maximum absolute atomic E-state index is 12.5. The van der Waals surface area contributed by atoms with Gasteiger partial charge in [0.05, 0.1) is 5.71 Å². The Labute approximate surface area is 134 Å². The summed E-state index contributed by atoms with van der Waals surface area (Å²) < 4.78 is 16.9. The Bertz CT molecular complexity index is 408. The summed E-state index contributed by atoms with van der Waals surface area (Å²) in [6.07, 6.45) is 9.48. The van der Waals surface area contributed by atoms with E-state index in [4.69, 9.17) is 4.40 Å². The molecule has 1 unspecified atom stereocenters. The van der Waals surface area contributed by atoms with E-state index in [9.17, 15) is 4.55 Å². The fourth-order valence-electron chi connectivity index (χ4n) is 3.06. The minimum atomic E-state index is -1.18. The molecule has 3 heteroatoms. The molecule has 2 atom stereocenters. The molecule has 1 rings (SSSR count). The zero-order valence-electron chi connectivity index (χ0n) is 14.2. The van der Waals surface area contributed by atoms with Crippen LogP contribution in [0.5, 0.6) is 0 Å². The predicted molar refractivity (Wildman–Crippen MR) is 95.1 cm³/mol. The van der Waals surface area contributed by atoms with E-state index in [1.165, 1.54) is 18.4 Å². The van der Waals surface area contributed by atoms with Gasteiger partial charge >= 0.3 is 0 Å². The molecule has 120 valence electrons. The summed E-state index contributed by atoms with van der Waals surface area (Å²) in [6.45, 7) is 16.1. The van der Waals surface area contributed by atoms with E-state index in [1.807, 2.05) is 26.8 Å². The first-order valence-electron chi connectivity index (χ1n) is 7.96. The van der Waals surface area contributed by atoms with Crippen molar-refractivity contribution < 1.29 is 4.55 Å². The van der Waals surface area contributed by atoms with Gasteiger partial charge in [0.2, 0.25) is 0 Å². The smallest absolute Gasteiger partial charge is 0.144 e. The van der Waals surface area contributed by atoms with Gasteiger partial charge in [0.1, 0.15) is 16.1 Å². The highest BCUT2D eigenvalue weighted by atomic mass is 32.2. The van der Waals surface area contributed by atoms with Crippen LogP contribution in [0, 0.1) is 5.41 Å². The Hall–Kier alpha value is -0.540. The van der Waals surface area contributed by atoms with Crippen LogP contribution in [-0.4, -0.2) is 15.0 Å². The summed E-state index contributed by atoms with van der Waals surface area (Å²) in [7, 11) is 0. The molecule has 1 saturated carbocycles. The van der Waals surface area contributed by atoms with Crippen LogP contribution in [0.15, 0.2) is 29.2 Å². The minimum Gasteiger partial charge on any atom is -0.591 e. The summed E-state index contributed by atoms with van der Waals surface area (Å²) in [5.74, 6) is 0. The van der Waals surface area contributed by atoms with E-state index in [1.54, 1.807) is 0 Å². The van der Waals surface area contributed by atoms with Gasteiger partial charge in [-0.15, -0.1) is 13.2 Å². The summed E-state index contributed by atoms with van der Waals surface area (Å²) in [5.41, 5.74) is 2.30. The largest absolute Gasteiger partial charge is 0.591 e. The molecule has 0 saturated heterocycles. The second-order valence-corrected chi connectivity index (χ2v) is 9.27. The van der Waals surface area contributed by atoms with Gasteiger partial charge in [0, 0.05) is 5.41 Å². The molecule has 1 aliphatic rings. The van der Waals surface area contributed by atoms with Gasteiger partial charge in [0.15, 0.2) is 0 Å². The lowest BCUT2D eigenvalue weighted by Crippen LogP contribution is -2.34. The van der Waals surface area contributed by atoms with Crippen LogP contribution in [0.3, 0.4) is 0 Å². The standard InChI is InChI=1S/C18H31NOS/c1-7-12-18(14-15(2)3)13-10-8-9-11-16(18)19-21(20)17(4,5)6/h7H,1-2,8-14H2,3-6H3/b19-16+/t18-,21?/m1/s1. The maximum Gasteiger partial charge on any atom is 0.144 e. The topological polar surface area (TPSA) is 35.4 Å². The highest BCUT2D eigenvalue weighted by Gasteiger charge is 2.38. The number of hydrogen-bond acceptors (Lipinski definition) is 2. The monoisotopic (exact) mass is 309 g/mol. The molecule has 0 aromatic heterocycles. The molecule has 2 nitrogen and oxygen atoms in total. The normalized spacial score (nSPS) is 27.2. The molecule has 0 spiro atoms. The molecule has 21 heavy (non-hydrogen) atoms. The number of hydrogen-bond donors (Lipinski definition) is 0. The van der Waals surface area contributed by atoms with Gasteiger partial charge in [-0.2, -0.15) is 0 Å². The van der Waals surface area contributed by atoms with Gasteiger partial charge in [0.25, 0.3) is 0 Å². The van der Waals surface area contributed by atoms with Crippen molar-refractivity contribution in [1.82, 2.24) is 0 Å². The number of nitrogens with zero attached hydrogens (tertiary/aromatic N) is 1. The fourth-order valence-corrected chi connectivity index (χ4v) is 3.82. The first-order valence-corrected chi connectivity index (χ1v) is 9.07. The lowest BCUT2D eigenvalue weighted by Gasteiger charge is -2.33. The Morgan fingerprint density at radius 2 is 2.05 bits per heavy atom. The molecule has 0 N–H and O–H groups in total. The Balaban J connectivity index is 3.20. The van der Waals surface area contributed by atoms with Crippen molar-refractivity contribution in [3.63, 3.8) is 0 Å². The third kappa shape index (κ3) is 5.30. The second kappa shape index (κ2) is 7.64. The third-order valence-electron chi connectivity index (χ3n) is 4.07. The van der Waals surface area contributed by atoms with Crippen LogP contribution in [0.25, 0.3) is 0 Å². The zero-order valence-corrected chi connectivity index (χ0v) is 15.0. The molecule has 0 bridgehead atoms. The lowest BCUT2D eigenvalue weighted by atomic mass is 9.72. The van der Waals surface area contributed by atoms with Crippen molar-refractivity contribution in [1.29, 1.82) is 0 Å². The van der Waals surface area contributed by atoms with Crippen LogP contribution in [-0.2, 0) is 11.4 Å². The van der Waals surface area contributed by atoms with Crippen LogP contribution >= 0.6 is 0 Å². The molecule has 1 aliphatic carbocycles. The van der Waals surface area contributed by atoms with E-state index in [-0.39, 0.29) is 10.2 Å². The predicted octanol–water partition coefficient (Wildman–Crippen LogP) is 5.38. The van der Waals surface area contributed by atoms with Gasteiger partial charge < -0.3 is 4.55 Å². The molecule has 0 radical (unpaired) electrons. The summed E-state index contributed by atoms with van der Waals surface area (Å²) >= 11 is -1.18. The van der Waals surface area contributed by atoms with E-state index in [0.29, 0.717) is 0 Å². The van der Waals surface area contributed by atoms with E-state index in [2.05, 4.69) is 20.1 Å². The molecular formula is C18H31NOS. The maximum atomic E-state index is 12.5. The summed E-state index contributed by atoms with van der Waals surface area (Å²) in [6, 6.07) is 0. The van der Waals surface area contributed by atoms with Crippen LogP contribution < -0.4 is 0 Å². The Morgan fingerprint density at radius 1 is 1.38 bits per heavy atom. The average molecular weight is 310 g/mol. The highest BCUT2D eigenvalue weighted by molar-refractivity contribution is 7.91. The van der Waals surface area contributed by atoms with Crippen molar-refractivity contribution in [2.24, 2.45) is 9.81 Å². The molecule has 0 aromatic rings. The minimum absolute atomic E-state index is 0.00894. The SMILES string of the molecule is C=CC[C@]1(CC(=C)C)CCCCC/C1=N\[S+]([O-])C(C)(C)C. The molecule has 0 heterocycles. The molecule has 0 aliphatic heterocycles. The third-order valence-corrected chi connectivity index (χ3v) is 5.51. The van der Waals surface area contributed by atoms with Gasteiger partial charge in [-0.3, -0.25) is 0 Å². The highest BCUT2D eigenvalue weighted by Crippen LogP contribution is 2.42. The Morgan fingerprint density at radius 3 is 2.57 bits per heavy atom. The van der Waals surface area contributed by atoms with Crippen molar-refractivity contribution in [2.75, 3.05) is 0 Å². The van der Waals surface area contributed by atoms with Crippen molar-refractivity contribution in [3.8, 4) is 0 Å². The molecule has 0 aromatic carbocycles. The van der Waals surface area contributed by atoms with Gasteiger partial charge in [-0.05, 0) is 59.8 Å². The van der Waals surface area contributed by atoms with E-state index < -0.39 is 11.4 Å². The van der Waals surface area contributed by atoms with E-state index in [0.717, 1.165) is 37.8 Å². The number of allylic oxidation sites excluding steroid dienone is 2. The first kappa shape index (κ1) is 18.5. The molecule has 0 amide bonds. The Kier molecular flexibility index (Phi) is 6.73. The quantitative estimate of drug-likeness (QED) is 0.381. The average Bonchev–Trinajstić information content (AvgIpc) is 2.51. The number of rotatable bonds is 5. The van der Waals surface area contributed by atoms with E-state index >= 15 is 0 Å². The van der Waals surface area contributed by atoms with Crippen LogP contribution in [0.4, 0.5) is 0 Å². The van der Waals surface area contributed by atoms with Crippen LogP contribution in [0.2, 0.25) is 0 Å². The molecular weight excluding hydrogens is 278 g/mol. The second-order valence-electron chi connectivity index (χ2n) is 7.37. The lowest BCUT2D eigenvalue weighted by molar-refractivity contribution is 0.378. The zero-order chi connectivity index (χ0) is 16.1. The van der Waals surface area contributed by atoms with Gasteiger partial charge in [-0.1, -0.05) is 28.9 Å². The van der Waals surface area contributed by atoms with Crippen molar-refractivity contribution >= 4 is 17.1 Å². The van der Waals surface area contributed by atoms with Crippen molar-refractivity contribution in [2.45, 2.75) is 77.4 Å². The summed E-state index contributed by atoms with van der Waals surface area (Å²) in [5, 5.41) is 0. The molecule has 1 fully saturated rings. The first-order chi connectivity index (χ1) is 9.71. The van der Waals surface area contributed by atoms with Gasteiger partial charge in [-0.25, -0.2) is 0 Å². The van der Waals surface area contributed by atoms with Crippen LogP contribution in [0.1, 0.15) is 72.6 Å².